The number of ether oxygens (including phenoxy) is 1. The summed E-state index contributed by atoms with van der Waals surface area (Å²) in [6.45, 7) is 2.15. The Morgan fingerprint density at radius 3 is 2.60 bits per heavy atom. The molecule has 2 aliphatic rings. The lowest BCUT2D eigenvalue weighted by Crippen LogP contribution is -2.53. The molecule has 0 aromatic heterocycles. The van der Waals surface area contributed by atoms with Crippen molar-refractivity contribution >= 4 is 6.03 Å². The van der Waals surface area contributed by atoms with Gasteiger partial charge in [-0.1, -0.05) is 30.3 Å². The second kappa shape index (κ2) is 6.27. The number of amides is 2. The number of fused-ring (bicyclic) bond motifs is 2. The molecule has 1 aromatic rings. The van der Waals surface area contributed by atoms with Gasteiger partial charge in [0, 0.05) is 6.54 Å². The Kier molecular flexibility index (Phi) is 4.21. The number of aryl methyl sites for hydroxylation is 1. The van der Waals surface area contributed by atoms with Gasteiger partial charge in [-0.15, -0.1) is 0 Å². The van der Waals surface area contributed by atoms with Gasteiger partial charge in [-0.05, 0) is 31.2 Å². The summed E-state index contributed by atoms with van der Waals surface area (Å²) in [7, 11) is 0. The van der Waals surface area contributed by atoms with Crippen LogP contribution in [-0.2, 0) is 11.2 Å². The molecule has 2 atom stereocenters. The molecule has 0 radical (unpaired) electrons. The minimum Gasteiger partial charge on any atom is -0.377 e. The Morgan fingerprint density at radius 2 is 1.90 bits per heavy atom. The molecule has 1 aromatic carbocycles. The van der Waals surface area contributed by atoms with E-state index in [0.29, 0.717) is 25.3 Å². The number of carbonyl (C=O) groups is 1. The van der Waals surface area contributed by atoms with Crippen LogP contribution in [0.15, 0.2) is 30.3 Å². The average molecular weight is 274 g/mol. The Morgan fingerprint density at radius 1 is 1.20 bits per heavy atom. The molecule has 4 heteroatoms. The van der Waals surface area contributed by atoms with E-state index in [4.69, 9.17) is 4.74 Å². The van der Waals surface area contributed by atoms with Crippen molar-refractivity contribution in [1.29, 1.82) is 0 Å². The third-order valence-corrected chi connectivity index (χ3v) is 4.24. The standard InChI is InChI=1S/C16H22N2O2/c19-16(18-14-8-9-15(18)12-20-11-14)17-10-4-7-13-5-2-1-3-6-13/h1-3,5-6,14-15H,4,7-12H2,(H,17,19)/t14-,15-/m1/s1. The van der Waals surface area contributed by atoms with E-state index in [1.54, 1.807) is 0 Å². The van der Waals surface area contributed by atoms with Gasteiger partial charge in [0.15, 0.2) is 0 Å². The van der Waals surface area contributed by atoms with Crippen LogP contribution in [0, 0.1) is 0 Å². The maximum atomic E-state index is 12.2. The first-order valence-electron chi connectivity index (χ1n) is 7.52. The van der Waals surface area contributed by atoms with E-state index in [1.807, 2.05) is 11.0 Å². The van der Waals surface area contributed by atoms with Gasteiger partial charge in [0.1, 0.15) is 0 Å². The topological polar surface area (TPSA) is 41.6 Å². The maximum Gasteiger partial charge on any atom is 0.318 e. The van der Waals surface area contributed by atoms with E-state index in [2.05, 4.69) is 29.6 Å². The van der Waals surface area contributed by atoms with Gasteiger partial charge in [-0.3, -0.25) is 0 Å². The molecule has 2 amide bonds. The van der Waals surface area contributed by atoms with Crippen LogP contribution in [0.2, 0.25) is 0 Å². The predicted molar refractivity (Wildman–Crippen MR) is 77.6 cm³/mol. The van der Waals surface area contributed by atoms with Gasteiger partial charge < -0.3 is 15.0 Å². The summed E-state index contributed by atoms with van der Waals surface area (Å²) in [6.07, 6.45) is 4.16. The zero-order valence-corrected chi connectivity index (χ0v) is 11.8. The summed E-state index contributed by atoms with van der Waals surface area (Å²) in [5, 5.41) is 3.05. The van der Waals surface area contributed by atoms with E-state index in [1.165, 1.54) is 5.56 Å². The number of benzene rings is 1. The summed E-state index contributed by atoms with van der Waals surface area (Å²) in [5.41, 5.74) is 1.33. The quantitative estimate of drug-likeness (QED) is 0.855. The van der Waals surface area contributed by atoms with Gasteiger partial charge in [0.05, 0.1) is 25.3 Å². The summed E-state index contributed by atoms with van der Waals surface area (Å²) in [6, 6.07) is 11.1. The van der Waals surface area contributed by atoms with E-state index in [-0.39, 0.29) is 6.03 Å². The fraction of sp³-hybridized carbons (Fsp3) is 0.562. The summed E-state index contributed by atoms with van der Waals surface area (Å²) in [5.74, 6) is 0. The molecule has 20 heavy (non-hydrogen) atoms. The molecule has 108 valence electrons. The van der Waals surface area contributed by atoms with Gasteiger partial charge in [-0.25, -0.2) is 4.79 Å². The number of carbonyl (C=O) groups excluding carboxylic acids is 1. The van der Waals surface area contributed by atoms with E-state index in [0.717, 1.165) is 32.2 Å². The smallest absolute Gasteiger partial charge is 0.318 e. The third kappa shape index (κ3) is 2.96. The van der Waals surface area contributed by atoms with Crippen LogP contribution in [0.4, 0.5) is 4.79 Å². The highest BCUT2D eigenvalue weighted by atomic mass is 16.5. The number of nitrogens with zero attached hydrogens (tertiary/aromatic N) is 1. The second-order valence-corrected chi connectivity index (χ2v) is 5.65. The molecule has 2 heterocycles. The third-order valence-electron chi connectivity index (χ3n) is 4.24. The lowest BCUT2D eigenvalue weighted by molar-refractivity contribution is 0.00642. The van der Waals surface area contributed by atoms with Crippen molar-refractivity contribution in [2.24, 2.45) is 0 Å². The molecule has 3 rings (SSSR count). The van der Waals surface area contributed by atoms with Crippen molar-refractivity contribution in [3.8, 4) is 0 Å². The summed E-state index contributed by atoms with van der Waals surface area (Å²) in [4.78, 5) is 14.2. The van der Waals surface area contributed by atoms with Crippen molar-refractivity contribution in [2.75, 3.05) is 19.8 Å². The molecule has 2 aliphatic heterocycles. The van der Waals surface area contributed by atoms with Crippen molar-refractivity contribution in [3.05, 3.63) is 35.9 Å². The van der Waals surface area contributed by atoms with Crippen LogP contribution in [0.3, 0.4) is 0 Å². The number of hydrogen-bond acceptors (Lipinski definition) is 2. The number of hydrogen-bond donors (Lipinski definition) is 1. The fourth-order valence-electron chi connectivity index (χ4n) is 3.18. The average Bonchev–Trinajstić information content (AvgIpc) is 2.74. The fourth-order valence-corrected chi connectivity index (χ4v) is 3.18. The maximum absolute atomic E-state index is 12.2. The first-order chi connectivity index (χ1) is 9.84. The van der Waals surface area contributed by atoms with E-state index >= 15 is 0 Å². The minimum absolute atomic E-state index is 0.0915. The molecule has 2 fully saturated rings. The minimum atomic E-state index is 0.0915. The van der Waals surface area contributed by atoms with Crippen molar-refractivity contribution < 1.29 is 9.53 Å². The predicted octanol–water partition coefficient (Wildman–Crippen LogP) is 2.19. The van der Waals surface area contributed by atoms with Crippen molar-refractivity contribution in [3.63, 3.8) is 0 Å². The second-order valence-electron chi connectivity index (χ2n) is 5.65. The number of urea groups is 1. The van der Waals surface area contributed by atoms with Crippen LogP contribution in [0.1, 0.15) is 24.8 Å². The Bertz CT molecular complexity index is 433. The molecular weight excluding hydrogens is 252 g/mol. The van der Waals surface area contributed by atoms with E-state index < -0.39 is 0 Å². The molecular formula is C16H22N2O2. The van der Waals surface area contributed by atoms with Crippen molar-refractivity contribution in [2.45, 2.75) is 37.8 Å². The Labute approximate surface area is 120 Å². The molecule has 2 saturated heterocycles. The van der Waals surface area contributed by atoms with Crippen LogP contribution in [0.5, 0.6) is 0 Å². The summed E-state index contributed by atoms with van der Waals surface area (Å²) >= 11 is 0. The highest BCUT2D eigenvalue weighted by molar-refractivity contribution is 5.75. The largest absolute Gasteiger partial charge is 0.377 e. The summed E-state index contributed by atoms with van der Waals surface area (Å²) < 4.78 is 5.50. The highest BCUT2D eigenvalue weighted by Gasteiger charge is 2.40. The molecule has 0 saturated carbocycles. The lowest BCUT2D eigenvalue weighted by Gasteiger charge is -2.34. The zero-order chi connectivity index (χ0) is 13.8. The molecule has 4 nitrogen and oxygen atoms in total. The number of rotatable bonds is 4. The van der Waals surface area contributed by atoms with Crippen LogP contribution >= 0.6 is 0 Å². The van der Waals surface area contributed by atoms with Crippen LogP contribution in [0.25, 0.3) is 0 Å². The zero-order valence-electron chi connectivity index (χ0n) is 11.8. The normalized spacial score (nSPS) is 24.7. The van der Waals surface area contributed by atoms with Crippen LogP contribution < -0.4 is 5.32 Å². The Hall–Kier alpha value is -1.55. The van der Waals surface area contributed by atoms with Gasteiger partial charge >= 0.3 is 6.03 Å². The lowest BCUT2D eigenvalue weighted by atomic mass is 10.1. The SMILES string of the molecule is O=C(NCCCc1ccccc1)N1[C@@H]2CC[C@@H]1COC2. The highest BCUT2D eigenvalue weighted by Crippen LogP contribution is 2.28. The molecule has 2 bridgehead atoms. The Balaban J connectivity index is 1.41. The molecule has 1 N–H and O–H groups in total. The molecule has 0 aliphatic carbocycles. The monoisotopic (exact) mass is 274 g/mol. The van der Waals surface area contributed by atoms with Crippen LogP contribution in [-0.4, -0.2) is 42.8 Å². The molecule has 0 unspecified atom stereocenters. The first kappa shape index (κ1) is 13.4. The van der Waals surface area contributed by atoms with Gasteiger partial charge in [0.2, 0.25) is 0 Å². The van der Waals surface area contributed by atoms with Gasteiger partial charge in [-0.2, -0.15) is 0 Å². The van der Waals surface area contributed by atoms with E-state index in [9.17, 15) is 4.79 Å². The van der Waals surface area contributed by atoms with Gasteiger partial charge in [0.25, 0.3) is 0 Å². The van der Waals surface area contributed by atoms with Crippen molar-refractivity contribution in [1.82, 2.24) is 10.2 Å². The number of nitrogens with one attached hydrogen (secondary N) is 1. The molecule has 0 spiro atoms. The number of morpholine rings is 1. The first-order valence-corrected chi connectivity index (χ1v) is 7.52.